The number of amides is 1. The summed E-state index contributed by atoms with van der Waals surface area (Å²) in [5.74, 6) is -5.77. The number of rotatable bonds is 4. The van der Waals surface area contributed by atoms with Crippen LogP contribution >= 0.6 is 0 Å². The third-order valence-corrected chi connectivity index (χ3v) is 5.33. The lowest BCUT2D eigenvalue weighted by Crippen LogP contribution is -3.12. The summed E-state index contributed by atoms with van der Waals surface area (Å²) in [4.78, 5) is 31.2. The SMILES string of the molecule is N#Cc1cccnc1NC(=O)c1nc(C[NH+]2CCC(F)(F)CC2)c2ccccn12.O=C([O-])C(F)(F)F. The van der Waals surface area contributed by atoms with Gasteiger partial charge in [-0.15, -0.1) is 0 Å². The van der Waals surface area contributed by atoms with Crippen LogP contribution in [0.2, 0.25) is 0 Å². The van der Waals surface area contributed by atoms with E-state index >= 15 is 0 Å². The molecular formula is C22H19F5N6O3. The highest BCUT2D eigenvalue weighted by Gasteiger charge is 2.37. The van der Waals surface area contributed by atoms with E-state index in [0.29, 0.717) is 25.3 Å². The molecule has 1 saturated heterocycles. The number of carbonyl (C=O) groups is 2. The molecule has 9 nitrogen and oxygen atoms in total. The molecular weight excluding hydrogens is 491 g/mol. The Bertz CT molecular complexity index is 1290. The number of hydrogen-bond donors (Lipinski definition) is 2. The molecule has 2 N–H and O–H groups in total. The van der Waals surface area contributed by atoms with Crippen molar-refractivity contribution >= 4 is 23.2 Å². The summed E-state index contributed by atoms with van der Waals surface area (Å²) >= 11 is 0. The average molecular weight is 510 g/mol. The molecule has 0 bridgehead atoms. The lowest BCUT2D eigenvalue weighted by Gasteiger charge is -2.28. The number of piperidine rings is 1. The van der Waals surface area contributed by atoms with Crippen LogP contribution in [0.15, 0.2) is 42.7 Å². The summed E-state index contributed by atoms with van der Waals surface area (Å²) in [6, 6.07) is 10.6. The van der Waals surface area contributed by atoms with Crippen LogP contribution < -0.4 is 15.3 Å². The van der Waals surface area contributed by atoms with Crippen molar-refractivity contribution in [1.82, 2.24) is 14.4 Å². The van der Waals surface area contributed by atoms with E-state index < -0.39 is 24.0 Å². The summed E-state index contributed by atoms with van der Waals surface area (Å²) in [6.45, 7) is 1.18. The number of carbonyl (C=O) groups excluding carboxylic acids is 2. The molecule has 0 aliphatic carbocycles. The fraction of sp³-hybridized carbons (Fsp3) is 0.318. The topological polar surface area (TPSA) is 128 Å². The van der Waals surface area contributed by atoms with Crippen LogP contribution in [0.3, 0.4) is 0 Å². The highest BCUT2D eigenvalue weighted by molar-refractivity contribution is 6.02. The van der Waals surface area contributed by atoms with Crippen molar-refractivity contribution in [2.45, 2.75) is 31.5 Å². The molecule has 1 amide bonds. The van der Waals surface area contributed by atoms with Crippen molar-refractivity contribution in [2.24, 2.45) is 0 Å². The second-order valence-electron chi connectivity index (χ2n) is 7.87. The van der Waals surface area contributed by atoms with Gasteiger partial charge in [0.05, 0.1) is 37.0 Å². The first-order valence-corrected chi connectivity index (χ1v) is 10.5. The van der Waals surface area contributed by atoms with Crippen molar-refractivity contribution < 1.29 is 41.5 Å². The monoisotopic (exact) mass is 510 g/mol. The molecule has 1 fully saturated rings. The largest absolute Gasteiger partial charge is 0.542 e. The fourth-order valence-corrected chi connectivity index (χ4v) is 3.53. The molecule has 0 spiro atoms. The molecule has 0 radical (unpaired) electrons. The van der Waals surface area contributed by atoms with Crippen LogP contribution in [-0.2, 0) is 11.3 Å². The van der Waals surface area contributed by atoms with Crippen molar-refractivity contribution in [3.8, 4) is 6.07 Å². The molecule has 3 aromatic heterocycles. The van der Waals surface area contributed by atoms with E-state index in [2.05, 4.69) is 15.3 Å². The number of nitrogens with one attached hydrogen (secondary N) is 2. The number of pyridine rings is 2. The predicted octanol–water partition coefficient (Wildman–Crippen LogP) is 0.966. The van der Waals surface area contributed by atoms with Crippen LogP contribution in [0, 0.1) is 11.3 Å². The highest BCUT2D eigenvalue weighted by Crippen LogP contribution is 2.23. The first-order chi connectivity index (χ1) is 16.9. The van der Waals surface area contributed by atoms with E-state index in [9.17, 15) is 32.0 Å². The second-order valence-corrected chi connectivity index (χ2v) is 7.87. The van der Waals surface area contributed by atoms with Crippen LogP contribution in [0.5, 0.6) is 0 Å². The number of halogens is 5. The zero-order valence-corrected chi connectivity index (χ0v) is 18.5. The molecule has 190 valence electrons. The van der Waals surface area contributed by atoms with Gasteiger partial charge in [0.25, 0.3) is 11.8 Å². The zero-order chi connectivity index (χ0) is 26.5. The zero-order valence-electron chi connectivity index (χ0n) is 18.5. The molecule has 4 rings (SSSR count). The van der Waals surface area contributed by atoms with Gasteiger partial charge in [0.15, 0.2) is 5.82 Å². The summed E-state index contributed by atoms with van der Waals surface area (Å²) in [5, 5.41) is 20.6. The first-order valence-electron chi connectivity index (χ1n) is 10.5. The van der Waals surface area contributed by atoms with Gasteiger partial charge < -0.3 is 20.1 Å². The number of fused-ring (bicyclic) bond motifs is 1. The van der Waals surface area contributed by atoms with Gasteiger partial charge in [-0.2, -0.15) is 18.4 Å². The van der Waals surface area contributed by atoms with Crippen molar-refractivity contribution in [3.63, 3.8) is 0 Å². The van der Waals surface area contributed by atoms with Crippen LogP contribution in [0.25, 0.3) is 5.52 Å². The third-order valence-electron chi connectivity index (χ3n) is 5.33. The van der Waals surface area contributed by atoms with Gasteiger partial charge in [-0.3, -0.25) is 9.20 Å². The molecule has 36 heavy (non-hydrogen) atoms. The number of aliphatic carboxylic acids is 1. The van der Waals surface area contributed by atoms with E-state index in [4.69, 9.17) is 9.90 Å². The molecule has 0 aromatic carbocycles. The minimum Gasteiger partial charge on any atom is -0.542 e. The number of alkyl halides is 5. The Morgan fingerprint density at radius 3 is 2.47 bits per heavy atom. The minimum atomic E-state index is -5.19. The number of nitriles is 1. The van der Waals surface area contributed by atoms with E-state index in [1.54, 1.807) is 28.8 Å². The van der Waals surface area contributed by atoms with Gasteiger partial charge in [-0.25, -0.2) is 18.7 Å². The second kappa shape index (κ2) is 10.6. The van der Waals surface area contributed by atoms with Crippen molar-refractivity contribution in [1.29, 1.82) is 5.26 Å². The fourth-order valence-electron chi connectivity index (χ4n) is 3.53. The summed E-state index contributed by atoms with van der Waals surface area (Å²) in [6.07, 6.45) is -2.26. The number of nitrogens with zero attached hydrogens (tertiary/aromatic N) is 4. The molecule has 0 unspecified atom stereocenters. The van der Waals surface area contributed by atoms with E-state index in [0.717, 1.165) is 10.4 Å². The molecule has 3 aromatic rings. The maximum absolute atomic E-state index is 13.4. The standard InChI is InChI=1S/C20H18F2N6O.C2HF3O2/c21-20(22)6-10-27(11-7-20)13-15-16-5-1-2-9-28(16)18(25-15)19(29)26-17-14(12-23)4-3-8-24-17;3-2(4,5)1(6)7/h1-5,8-9H,6-7,10-11,13H2,(H,24,26,29);(H,6,7). The number of imidazole rings is 1. The Morgan fingerprint density at radius 2 is 1.86 bits per heavy atom. The molecule has 1 aliphatic rings. The smallest absolute Gasteiger partial charge is 0.430 e. The Hall–Kier alpha value is -4.12. The average Bonchev–Trinajstić information content (AvgIpc) is 3.19. The minimum absolute atomic E-state index is 0.141. The predicted molar refractivity (Wildman–Crippen MR) is 112 cm³/mol. The number of hydrogen-bond acceptors (Lipinski definition) is 6. The lowest BCUT2D eigenvalue weighted by atomic mass is 10.1. The van der Waals surface area contributed by atoms with Crippen LogP contribution in [0.1, 0.15) is 34.7 Å². The molecule has 4 heterocycles. The van der Waals surface area contributed by atoms with E-state index in [1.165, 1.54) is 6.20 Å². The third kappa shape index (κ3) is 6.51. The number of likely N-dealkylation sites (tertiary alicyclic amines) is 1. The Kier molecular flexibility index (Phi) is 7.83. The Labute approximate surface area is 200 Å². The van der Waals surface area contributed by atoms with Crippen LogP contribution in [-0.4, -0.2) is 51.4 Å². The summed E-state index contributed by atoms with van der Waals surface area (Å²) < 4.78 is 60.1. The van der Waals surface area contributed by atoms with Gasteiger partial charge >= 0.3 is 6.18 Å². The van der Waals surface area contributed by atoms with Crippen molar-refractivity contribution in [3.05, 3.63) is 59.8 Å². The number of carboxylic acids is 1. The quantitative estimate of drug-likeness (QED) is 0.504. The van der Waals surface area contributed by atoms with Gasteiger partial charge in [0.1, 0.15) is 24.3 Å². The number of aromatic nitrogens is 3. The summed E-state index contributed by atoms with van der Waals surface area (Å²) in [5.41, 5.74) is 1.68. The number of anilines is 1. The van der Waals surface area contributed by atoms with Gasteiger partial charge in [0.2, 0.25) is 5.82 Å². The maximum atomic E-state index is 13.4. The Morgan fingerprint density at radius 1 is 1.19 bits per heavy atom. The molecule has 1 aliphatic heterocycles. The van der Waals surface area contributed by atoms with E-state index in [-0.39, 0.29) is 30.0 Å². The highest BCUT2D eigenvalue weighted by atomic mass is 19.4. The van der Waals surface area contributed by atoms with E-state index in [1.807, 2.05) is 18.2 Å². The first kappa shape index (κ1) is 26.5. The maximum Gasteiger partial charge on any atom is 0.430 e. The molecule has 14 heteroatoms. The Balaban J connectivity index is 0.000000454. The summed E-state index contributed by atoms with van der Waals surface area (Å²) in [7, 11) is 0. The molecule has 0 saturated carbocycles. The normalized spacial score (nSPS) is 15.4. The van der Waals surface area contributed by atoms with Crippen molar-refractivity contribution in [2.75, 3.05) is 18.4 Å². The van der Waals surface area contributed by atoms with Gasteiger partial charge in [-0.1, -0.05) is 6.07 Å². The van der Waals surface area contributed by atoms with Crippen LogP contribution in [0.4, 0.5) is 27.8 Å². The lowest BCUT2D eigenvalue weighted by molar-refractivity contribution is -0.921. The molecule has 0 atom stereocenters. The van der Waals surface area contributed by atoms with Gasteiger partial charge in [0, 0.05) is 12.4 Å². The van der Waals surface area contributed by atoms with Gasteiger partial charge in [-0.05, 0) is 24.3 Å². The number of carboxylic acid groups (broad SMARTS) is 1. The number of quaternary nitrogens is 1.